The highest BCUT2D eigenvalue weighted by atomic mass is 32.1. The largest absolute Gasteiger partial charge is 0.351 e. The van der Waals surface area contributed by atoms with Gasteiger partial charge in [-0.25, -0.2) is 0 Å². The first-order valence-corrected chi connectivity index (χ1v) is 10.6. The van der Waals surface area contributed by atoms with Crippen molar-refractivity contribution in [2.24, 2.45) is 0 Å². The Morgan fingerprint density at radius 2 is 1.84 bits per heavy atom. The first-order chi connectivity index (χ1) is 12.1. The van der Waals surface area contributed by atoms with Crippen molar-refractivity contribution in [2.75, 3.05) is 0 Å². The summed E-state index contributed by atoms with van der Waals surface area (Å²) in [7, 11) is 0. The van der Waals surface area contributed by atoms with E-state index in [1.807, 2.05) is 16.3 Å². The number of rotatable bonds is 5. The van der Waals surface area contributed by atoms with Crippen LogP contribution in [0.4, 0.5) is 0 Å². The van der Waals surface area contributed by atoms with Crippen LogP contribution in [0.25, 0.3) is 0 Å². The van der Waals surface area contributed by atoms with Crippen molar-refractivity contribution in [3.63, 3.8) is 0 Å². The van der Waals surface area contributed by atoms with E-state index in [1.165, 1.54) is 19.3 Å². The van der Waals surface area contributed by atoms with Gasteiger partial charge in [-0.15, -0.1) is 11.3 Å². The minimum absolute atomic E-state index is 0.00842. The van der Waals surface area contributed by atoms with Gasteiger partial charge in [0.2, 0.25) is 11.8 Å². The first-order valence-electron chi connectivity index (χ1n) is 9.73. The molecule has 5 heteroatoms. The lowest BCUT2D eigenvalue weighted by molar-refractivity contribution is -0.150. The third-order valence-corrected chi connectivity index (χ3v) is 6.70. The second kappa shape index (κ2) is 8.35. The molecule has 2 amide bonds. The van der Waals surface area contributed by atoms with E-state index in [0.29, 0.717) is 6.54 Å². The highest BCUT2D eigenvalue weighted by molar-refractivity contribution is 7.09. The van der Waals surface area contributed by atoms with Crippen molar-refractivity contribution in [3.8, 4) is 0 Å². The van der Waals surface area contributed by atoms with Crippen molar-refractivity contribution in [1.29, 1.82) is 0 Å². The number of nitrogens with zero attached hydrogens (tertiary/aromatic N) is 1. The van der Waals surface area contributed by atoms with Crippen LogP contribution in [0.15, 0.2) is 17.5 Å². The van der Waals surface area contributed by atoms with Gasteiger partial charge >= 0.3 is 0 Å². The molecule has 25 heavy (non-hydrogen) atoms. The molecule has 0 spiro atoms. The lowest BCUT2D eigenvalue weighted by Gasteiger charge is -2.45. The molecule has 1 aromatic heterocycles. The maximum Gasteiger partial charge on any atom is 0.246 e. The lowest BCUT2D eigenvalue weighted by Crippen LogP contribution is -2.62. The second-order valence-electron chi connectivity index (χ2n) is 7.59. The number of nitrogens with one attached hydrogen (secondary N) is 1. The number of hydrogen-bond acceptors (Lipinski definition) is 3. The average molecular weight is 363 g/mol. The van der Waals surface area contributed by atoms with Gasteiger partial charge in [0.1, 0.15) is 5.54 Å². The number of carbonyl (C=O) groups is 2. The van der Waals surface area contributed by atoms with Crippen molar-refractivity contribution >= 4 is 23.2 Å². The Hall–Kier alpha value is -1.36. The zero-order chi connectivity index (χ0) is 17.7. The fraction of sp³-hybridized carbons (Fsp3) is 0.700. The van der Waals surface area contributed by atoms with E-state index in [9.17, 15) is 9.59 Å². The minimum Gasteiger partial charge on any atom is -0.351 e. The van der Waals surface area contributed by atoms with Gasteiger partial charge in [0.25, 0.3) is 0 Å². The third-order valence-electron chi connectivity index (χ3n) is 5.83. The fourth-order valence-electron chi connectivity index (χ4n) is 4.45. The summed E-state index contributed by atoms with van der Waals surface area (Å²) in [5, 5.41) is 5.35. The summed E-state index contributed by atoms with van der Waals surface area (Å²) in [5.41, 5.74) is -0.661. The van der Waals surface area contributed by atoms with Gasteiger partial charge in [0.05, 0.1) is 6.54 Å². The van der Waals surface area contributed by atoms with Gasteiger partial charge in [-0.05, 0) is 37.1 Å². The standard InChI is InChI=1S/C20H30N2O2S/c1-16(23)22(15-18-11-8-14-25-18)20(12-6-3-7-13-20)19(24)21-17-9-4-2-5-10-17/h8,11,14,17H,2-7,9-10,12-13,15H2,1H3,(H,21,24). The monoisotopic (exact) mass is 362 g/mol. The number of thiophene rings is 1. The molecule has 138 valence electrons. The molecule has 1 N–H and O–H groups in total. The van der Waals surface area contributed by atoms with Crippen LogP contribution in [0, 0.1) is 0 Å². The molecule has 0 atom stereocenters. The average Bonchev–Trinajstić information content (AvgIpc) is 3.14. The first kappa shape index (κ1) is 18.4. The van der Waals surface area contributed by atoms with Crippen molar-refractivity contribution < 1.29 is 9.59 Å². The van der Waals surface area contributed by atoms with Crippen LogP contribution in [0.2, 0.25) is 0 Å². The van der Waals surface area contributed by atoms with Crippen molar-refractivity contribution in [3.05, 3.63) is 22.4 Å². The smallest absolute Gasteiger partial charge is 0.246 e. The molecule has 2 saturated carbocycles. The van der Waals surface area contributed by atoms with Crippen LogP contribution in [-0.4, -0.2) is 28.3 Å². The molecule has 1 aromatic rings. The van der Waals surface area contributed by atoms with E-state index in [4.69, 9.17) is 0 Å². The Balaban J connectivity index is 1.81. The highest BCUT2D eigenvalue weighted by Crippen LogP contribution is 2.36. The van der Waals surface area contributed by atoms with Gasteiger partial charge in [0.15, 0.2) is 0 Å². The van der Waals surface area contributed by atoms with Crippen LogP contribution >= 0.6 is 11.3 Å². The van der Waals surface area contributed by atoms with Crippen LogP contribution < -0.4 is 5.32 Å². The zero-order valence-corrected chi connectivity index (χ0v) is 16.1. The van der Waals surface area contributed by atoms with Crippen LogP contribution in [-0.2, 0) is 16.1 Å². The van der Waals surface area contributed by atoms with E-state index in [1.54, 1.807) is 18.3 Å². The predicted molar refractivity (Wildman–Crippen MR) is 101 cm³/mol. The van der Waals surface area contributed by atoms with Crippen molar-refractivity contribution in [1.82, 2.24) is 10.2 Å². The van der Waals surface area contributed by atoms with Crippen LogP contribution in [0.5, 0.6) is 0 Å². The lowest BCUT2D eigenvalue weighted by atomic mass is 9.78. The number of carbonyl (C=O) groups excluding carboxylic acids is 2. The SMILES string of the molecule is CC(=O)N(Cc1cccs1)C1(C(=O)NC2CCCCC2)CCCCC1. The Kier molecular flexibility index (Phi) is 6.15. The maximum atomic E-state index is 13.4. The van der Waals surface area contributed by atoms with E-state index < -0.39 is 5.54 Å². The molecule has 0 radical (unpaired) electrons. The topological polar surface area (TPSA) is 49.4 Å². The summed E-state index contributed by atoms with van der Waals surface area (Å²) >= 11 is 1.65. The highest BCUT2D eigenvalue weighted by Gasteiger charge is 2.46. The van der Waals surface area contributed by atoms with E-state index in [-0.39, 0.29) is 17.9 Å². The molecule has 2 aliphatic rings. The van der Waals surface area contributed by atoms with Gasteiger partial charge in [-0.3, -0.25) is 9.59 Å². The molecule has 1 heterocycles. The zero-order valence-electron chi connectivity index (χ0n) is 15.3. The molecular formula is C20H30N2O2S. The van der Waals surface area contributed by atoms with E-state index >= 15 is 0 Å². The normalized spacial score (nSPS) is 20.8. The summed E-state index contributed by atoms with van der Waals surface area (Å²) in [6.45, 7) is 2.16. The quantitative estimate of drug-likeness (QED) is 0.851. The van der Waals surface area contributed by atoms with Gasteiger partial charge in [-0.1, -0.05) is 44.6 Å². The Morgan fingerprint density at radius 1 is 1.16 bits per heavy atom. The summed E-state index contributed by atoms with van der Waals surface area (Å²) in [6, 6.07) is 4.35. The van der Waals surface area contributed by atoms with Crippen LogP contribution in [0.3, 0.4) is 0 Å². The molecule has 2 fully saturated rings. The molecule has 0 bridgehead atoms. The molecule has 0 saturated heterocycles. The predicted octanol–water partition coefficient (Wildman–Crippen LogP) is 4.25. The summed E-state index contributed by atoms with van der Waals surface area (Å²) in [5.74, 6) is 0.0972. The Morgan fingerprint density at radius 3 is 2.44 bits per heavy atom. The second-order valence-corrected chi connectivity index (χ2v) is 8.62. The molecule has 0 aromatic carbocycles. The maximum absolute atomic E-state index is 13.4. The summed E-state index contributed by atoms with van der Waals surface area (Å²) in [6.07, 6.45) is 10.6. The van der Waals surface area contributed by atoms with Gasteiger partial charge in [0, 0.05) is 17.8 Å². The third kappa shape index (κ3) is 4.25. The molecular weight excluding hydrogens is 332 g/mol. The van der Waals surface area contributed by atoms with E-state index in [0.717, 1.165) is 49.8 Å². The molecule has 3 rings (SSSR count). The molecule has 2 aliphatic carbocycles. The van der Waals surface area contributed by atoms with E-state index in [2.05, 4.69) is 11.4 Å². The summed E-state index contributed by atoms with van der Waals surface area (Å²) in [4.78, 5) is 28.9. The summed E-state index contributed by atoms with van der Waals surface area (Å²) < 4.78 is 0. The van der Waals surface area contributed by atoms with Gasteiger partial charge < -0.3 is 10.2 Å². The molecule has 0 unspecified atom stereocenters. The minimum atomic E-state index is -0.661. The van der Waals surface area contributed by atoms with Crippen LogP contribution in [0.1, 0.15) is 76.0 Å². The Labute approximate surface area is 155 Å². The van der Waals surface area contributed by atoms with Crippen molar-refractivity contribution in [2.45, 2.75) is 89.3 Å². The molecule has 0 aliphatic heterocycles. The number of amides is 2. The van der Waals surface area contributed by atoms with Gasteiger partial charge in [-0.2, -0.15) is 0 Å². The fourth-order valence-corrected chi connectivity index (χ4v) is 5.14. The Bertz CT molecular complexity index is 573. The number of hydrogen-bond donors (Lipinski definition) is 1. The molecule has 4 nitrogen and oxygen atoms in total.